The summed E-state index contributed by atoms with van der Waals surface area (Å²) >= 11 is 0. The van der Waals surface area contributed by atoms with Crippen LogP contribution in [0.2, 0.25) is 0 Å². The van der Waals surface area contributed by atoms with Gasteiger partial charge in [0.05, 0.1) is 7.11 Å². The summed E-state index contributed by atoms with van der Waals surface area (Å²) in [6, 6.07) is 15.0. The first-order chi connectivity index (χ1) is 12.1. The Hall–Kier alpha value is -3.41. The average Bonchev–Trinajstić information content (AvgIpc) is 3.07. The second-order valence-corrected chi connectivity index (χ2v) is 5.68. The number of fused-ring (bicyclic) bond motifs is 1. The van der Waals surface area contributed by atoms with Crippen molar-refractivity contribution in [2.75, 3.05) is 7.11 Å². The Labute approximate surface area is 143 Å². The molecular weight excluding hydrogens is 318 g/mol. The van der Waals surface area contributed by atoms with Gasteiger partial charge >= 0.3 is 0 Å². The lowest BCUT2D eigenvalue weighted by Gasteiger charge is -2.03. The smallest absolute Gasteiger partial charge is 0.296 e. The molecule has 2 aromatic carbocycles. The Morgan fingerprint density at radius 3 is 2.60 bits per heavy atom. The number of nitrogens with one attached hydrogen (secondary N) is 1. The van der Waals surface area contributed by atoms with Crippen LogP contribution in [0.1, 0.15) is 5.56 Å². The van der Waals surface area contributed by atoms with E-state index in [1.165, 1.54) is 0 Å². The van der Waals surface area contributed by atoms with Crippen molar-refractivity contribution in [2.45, 2.75) is 6.92 Å². The normalized spacial score (nSPS) is 11.0. The molecule has 4 aromatic rings. The molecule has 2 aromatic heterocycles. The zero-order valence-electron chi connectivity index (χ0n) is 13.7. The summed E-state index contributed by atoms with van der Waals surface area (Å²) in [5.41, 5.74) is 2.69. The first kappa shape index (κ1) is 15.1. The van der Waals surface area contributed by atoms with Crippen LogP contribution < -0.4 is 10.3 Å². The summed E-state index contributed by atoms with van der Waals surface area (Å²) in [5.74, 6) is 1.47. The molecule has 6 heteroatoms. The molecule has 0 fully saturated rings. The van der Waals surface area contributed by atoms with E-state index in [2.05, 4.69) is 15.0 Å². The Balaban J connectivity index is 1.84. The van der Waals surface area contributed by atoms with Crippen LogP contribution in [0, 0.1) is 6.92 Å². The SMILES string of the molecule is COc1cccc(-c2nc3nc(-c4ccc(C)cc4)oc3c(=O)[nH]2)c1. The van der Waals surface area contributed by atoms with Crippen LogP contribution in [0.3, 0.4) is 0 Å². The fourth-order valence-corrected chi connectivity index (χ4v) is 2.56. The first-order valence-electron chi connectivity index (χ1n) is 7.76. The quantitative estimate of drug-likeness (QED) is 0.620. The first-order valence-corrected chi connectivity index (χ1v) is 7.76. The summed E-state index contributed by atoms with van der Waals surface area (Å²) in [6.45, 7) is 2.00. The molecular formula is C19H15N3O3. The molecule has 0 atom stereocenters. The number of oxazole rings is 1. The Kier molecular flexibility index (Phi) is 3.57. The minimum absolute atomic E-state index is 0.113. The molecule has 0 bridgehead atoms. The third kappa shape index (κ3) is 2.78. The summed E-state index contributed by atoms with van der Waals surface area (Å²) in [7, 11) is 1.59. The van der Waals surface area contributed by atoms with E-state index in [-0.39, 0.29) is 16.8 Å². The number of aromatic nitrogens is 3. The van der Waals surface area contributed by atoms with Crippen LogP contribution in [0.4, 0.5) is 0 Å². The van der Waals surface area contributed by atoms with Crippen LogP contribution >= 0.6 is 0 Å². The van der Waals surface area contributed by atoms with Crippen molar-refractivity contribution in [3.63, 3.8) is 0 Å². The molecule has 25 heavy (non-hydrogen) atoms. The summed E-state index contributed by atoms with van der Waals surface area (Å²) < 4.78 is 10.8. The maximum absolute atomic E-state index is 12.4. The van der Waals surface area contributed by atoms with Gasteiger partial charge in [0.15, 0.2) is 0 Å². The van der Waals surface area contributed by atoms with E-state index in [4.69, 9.17) is 9.15 Å². The molecule has 0 radical (unpaired) electrons. The molecule has 4 rings (SSSR count). The van der Waals surface area contributed by atoms with E-state index in [9.17, 15) is 4.79 Å². The minimum atomic E-state index is -0.367. The third-order valence-corrected chi connectivity index (χ3v) is 3.91. The van der Waals surface area contributed by atoms with Crippen LogP contribution in [-0.4, -0.2) is 22.1 Å². The molecule has 0 aliphatic heterocycles. The molecule has 6 nitrogen and oxygen atoms in total. The van der Waals surface area contributed by atoms with Gasteiger partial charge in [0.1, 0.15) is 11.6 Å². The second-order valence-electron chi connectivity index (χ2n) is 5.68. The average molecular weight is 333 g/mol. The Morgan fingerprint density at radius 2 is 1.84 bits per heavy atom. The second kappa shape index (κ2) is 5.90. The van der Waals surface area contributed by atoms with Gasteiger partial charge in [0.2, 0.25) is 17.1 Å². The lowest BCUT2D eigenvalue weighted by Crippen LogP contribution is -2.08. The maximum Gasteiger partial charge on any atom is 0.296 e. The minimum Gasteiger partial charge on any atom is -0.497 e. The Bertz CT molecular complexity index is 1110. The number of ether oxygens (including phenoxy) is 1. The predicted molar refractivity (Wildman–Crippen MR) is 94.6 cm³/mol. The van der Waals surface area contributed by atoms with Crippen LogP contribution in [-0.2, 0) is 0 Å². The highest BCUT2D eigenvalue weighted by molar-refractivity contribution is 5.74. The number of nitrogens with zero attached hydrogens (tertiary/aromatic N) is 2. The van der Waals surface area contributed by atoms with Gasteiger partial charge in [-0.2, -0.15) is 4.98 Å². The highest BCUT2D eigenvalue weighted by atomic mass is 16.5. The molecule has 0 amide bonds. The zero-order chi connectivity index (χ0) is 17.4. The molecule has 0 saturated heterocycles. The van der Waals surface area contributed by atoms with Crippen LogP contribution in [0.25, 0.3) is 34.1 Å². The summed E-state index contributed by atoms with van der Waals surface area (Å²) in [5, 5.41) is 0. The maximum atomic E-state index is 12.4. The van der Waals surface area contributed by atoms with E-state index in [0.29, 0.717) is 17.5 Å². The number of aromatic amines is 1. The van der Waals surface area contributed by atoms with Crippen molar-refractivity contribution >= 4 is 11.2 Å². The third-order valence-electron chi connectivity index (χ3n) is 3.91. The van der Waals surface area contributed by atoms with Crippen molar-refractivity contribution in [2.24, 2.45) is 0 Å². The topological polar surface area (TPSA) is 81.0 Å². The van der Waals surface area contributed by atoms with E-state index in [1.54, 1.807) is 13.2 Å². The number of aryl methyl sites for hydroxylation is 1. The number of methoxy groups -OCH3 is 1. The van der Waals surface area contributed by atoms with Gasteiger partial charge < -0.3 is 14.1 Å². The van der Waals surface area contributed by atoms with Gasteiger partial charge in [-0.15, -0.1) is 0 Å². The lowest BCUT2D eigenvalue weighted by molar-refractivity contribution is 0.415. The largest absolute Gasteiger partial charge is 0.497 e. The summed E-state index contributed by atoms with van der Waals surface area (Å²) in [6.07, 6.45) is 0. The van der Waals surface area contributed by atoms with Crippen molar-refractivity contribution < 1.29 is 9.15 Å². The highest BCUT2D eigenvalue weighted by Crippen LogP contribution is 2.24. The zero-order valence-corrected chi connectivity index (χ0v) is 13.7. The fourth-order valence-electron chi connectivity index (χ4n) is 2.56. The van der Waals surface area contributed by atoms with Crippen molar-refractivity contribution in [1.82, 2.24) is 15.0 Å². The molecule has 0 spiro atoms. The molecule has 0 aliphatic carbocycles. The fraction of sp³-hybridized carbons (Fsp3) is 0.105. The van der Waals surface area contributed by atoms with Crippen molar-refractivity contribution in [3.05, 3.63) is 64.4 Å². The number of hydrogen-bond acceptors (Lipinski definition) is 5. The van der Waals surface area contributed by atoms with E-state index in [0.717, 1.165) is 16.7 Å². The molecule has 0 saturated carbocycles. The van der Waals surface area contributed by atoms with Gasteiger partial charge in [-0.1, -0.05) is 29.8 Å². The molecule has 2 heterocycles. The summed E-state index contributed by atoms with van der Waals surface area (Å²) in [4.78, 5) is 23.9. The van der Waals surface area contributed by atoms with E-state index in [1.807, 2.05) is 49.4 Å². The van der Waals surface area contributed by atoms with Gasteiger partial charge in [-0.25, -0.2) is 4.98 Å². The highest BCUT2D eigenvalue weighted by Gasteiger charge is 2.14. The van der Waals surface area contributed by atoms with Crippen LogP contribution in [0.15, 0.2) is 57.7 Å². The van der Waals surface area contributed by atoms with Gasteiger partial charge in [0.25, 0.3) is 5.56 Å². The number of hydrogen-bond donors (Lipinski definition) is 1. The van der Waals surface area contributed by atoms with Gasteiger partial charge in [-0.05, 0) is 31.2 Å². The monoisotopic (exact) mass is 333 g/mol. The number of H-pyrrole nitrogens is 1. The number of rotatable bonds is 3. The van der Waals surface area contributed by atoms with Gasteiger partial charge in [0, 0.05) is 11.1 Å². The standard InChI is InChI=1S/C19H15N3O3/c1-11-6-8-12(9-7-11)19-22-17-15(25-19)18(23)21-16(20-17)13-4-3-5-14(10-13)24-2/h3-10H,1-2H3,(H,20,21,23). The molecule has 0 unspecified atom stereocenters. The van der Waals surface area contributed by atoms with E-state index < -0.39 is 0 Å². The molecule has 1 N–H and O–H groups in total. The predicted octanol–water partition coefficient (Wildman–Crippen LogP) is 3.56. The number of benzene rings is 2. The van der Waals surface area contributed by atoms with Crippen molar-refractivity contribution in [1.29, 1.82) is 0 Å². The molecule has 124 valence electrons. The molecule has 0 aliphatic rings. The van der Waals surface area contributed by atoms with E-state index >= 15 is 0 Å². The Morgan fingerprint density at radius 1 is 1.04 bits per heavy atom. The van der Waals surface area contributed by atoms with Crippen LogP contribution in [0.5, 0.6) is 5.75 Å². The van der Waals surface area contributed by atoms with Crippen molar-refractivity contribution in [3.8, 4) is 28.6 Å². The van der Waals surface area contributed by atoms with Gasteiger partial charge in [-0.3, -0.25) is 4.79 Å². The lowest BCUT2D eigenvalue weighted by atomic mass is 10.1.